The number of likely N-dealkylation sites (N-methyl/N-ethyl adjacent to an activating group) is 1. The van der Waals surface area contributed by atoms with E-state index < -0.39 is 15.0 Å². The molecule has 0 aromatic heterocycles. The molecule has 0 heterocycles. The van der Waals surface area contributed by atoms with Gasteiger partial charge in [-0.15, -0.1) is 0 Å². The van der Waals surface area contributed by atoms with Crippen LogP contribution in [0.2, 0.25) is 0 Å². The molecule has 0 atom stereocenters. The van der Waals surface area contributed by atoms with Gasteiger partial charge in [-0.2, -0.15) is 0 Å². The number of hydrogen-bond donors (Lipinski definition) is 1. The SMILES string of the molecule is C[N+](C)(C)CCNC(=O)c1ccc(OCCCCCc2ccccc2)c([N+](=O)[O-])c1.O=S(=O)([O-])c1ccccc1. The summed E-state index contributed by atoms with van der Waals surface area (Å²) in [6.07, 6.45) is 3.85. The number of quaternary nitrogens is 1. The Morgan fingerprint density at radius 2 is 1.55 bits per heavy atom. The minimum Gasteiger partial charge on any atom is -0.744 e. The number of carbonyl (C=O) groups excluding carboxylic acids is 1. The van der Waals surface area contributed by atoms with Crippen molar-refractivity contribution in [2.24, 2.45) is 0 Å². The highest BCUT2D eigenvalue weighted by atomic mass is 32.2. The van der Waals surface area contributed by atoms with Gasteiger partial charge in [0.1, 0.15) is 10.1 Å². The molecule has 0 saturated heterocycles. The van der Waals surface area contributed by atoms with Crippen molar-refractivity contribution in [2.75, 3.05) is 40.8 Å². The average molecular weight is 572 g/mol. The third kappa shape index (κ3) is 12.4. The molecule has 1 amide bonds. The number of carbonyl (C=O) groups is 1. The Bertz CT molecular complexity index is 1330. The van der Waals surface area contributed by atoms with Crippen molar-refractivity contribution in [1.29, 1.82) is 0 Å². The number of unbranched alkanes of at least 4 members (excludes halogenated alkanes) is 2. The summed E-state index contributed by atoms with van der Waals surface area (Å²) >= 11 is 0. The molecule has 0 aliphatic rings. The first-order chi connectivity index (χ1) is 18.9. The summed E-state index contributed by atoms with van der Waals surface area (Å²) in [6.45, 7) is 1.67. The van der Waals surface area contributed by atoms with Crippen LogP contribution in [0.3, 0.4) is 0 Å². The van der Waals surface area contributed by atoms with E-state index in [1.54, 1.807) is 12.1 Å². The van der Waals surface area contributed by atoms with Crippen LogP contribution in [0.25, 0.3) is 0 Å². The molecule has 0 spiro atoms. The van der Waals surface area contributed by atoms with Gasteiger partial charge in [0.15, 0.2) is 5.75 Å². The fraction of sp³-hybridized carbons (Fsp3) is 0.345. The molecule has 0 unspecified atom stereocenters. The number of amides is 1. The maximum absolute atomic E-state index is 12.3. The molecule has 216 valence electrons. The normalized spacial score (nSPS) is 11.2. The number of rotatable bonds is 13. The molecule has 11 heteroatoms. The number of nitrogens with one attached hydrogen (secondary N) is 1. The molecule has 0 saturated carbocycles. The summed E-state index contributed by atoms with van der Waals surface area (Å²) < 4.78 is 37.2. The second-order valence-electron chi connectivity index (χ2n) is 10.1. The standard InChI is InChI=1S/C23H31N3O4.C6H6O3S/c1-26(2,3)16-15-24-23(27)20-13-14-22(21(18-20)25(28)29)30-17-9-5-8-12-19-10-6-4-7-11-19;7-10(8,9)6-4-2-1-3-5-6/h4,6-7,10-11,13-14,18H,5,8-9,12,15-17H2,1-3H3;1-5H,(H,7,8,9). The van der Waals surface area contributed by atoms with Crippen LogP contribution in [0, 0.1) is 10.1 Å². The summed E-state index contributed by atoms with van der Waals surface area (Å²) in [6, 6.07) is 21.8. The topological polar surface area (TPSA) is 139 Å². The van der Waals surface area contributed by atoms with Gasteiger partial charge in [-0.25, -0.2) is 8.42 Å². The summed E-state index contributed by atoms with van der Waals surface area (Å²) in [5, 5.41) is 14.2. The lowest BCUT2D eigenvalue weighted by Gasteiger charge is -2.23. The molecule has 0 fully saturated rings. The largest absolute Gasteiger partial charge is 0.744 e. The molecule has 1 N–H and O–H groups in total. The van der Waals surface area contributed by atoms with E-state index >= 15 is 0 Å². The minimum atomic E-state index is -4.25. The molecular formula is C29H37N3O7S. The third-order valence-corrected chi connectivity index (χ3v) is 6.58. The van der Waals surface area contributed by atoms with Gasteiger partial charge in [0.2, 0.25) is 0 Å². The van der Waals surface area contributed by atoms with Gasteiger partial charge < -0.3 is 19.1 Å². The van der Waals surface area contributed by atoms with E-state index in [1.165, 1.54) is 42.0 Å². The van der Waals surface area contributed by atoms with Crippen LogP contribution in [-0.2, 0) is 16.5 Å². The number of nitro benzene ring substituents is 1. The number of benzene rings is 3. The van der Waals surface area contributed by atoms with Gasteiger partial charge >= 0.3 is 5.69 Å². The first-order valence-corrected chi connectivity index (χ1v) is 14.3. The summed E-state index contributed by atoms with van der Waals surface area (Å²) in [5.41, 5.74) is 1.39. The molecule has 3 aromatic rings. The van der Waals surface area contributed by atoms with Gasteiger partial charge in [-0.05, 0) is 55.5 Å². The quantitative estimate of drug-likeness (QED) is 0.105. The van der Waals surface area contributed by atoms with Crippen LogP contribution in [0.4, 0.5) is 5.69 Å². The van der Waals surface area contributed by atoms with Crippen LogP contribution in [0.5, 0.6) is 5.75 Å². The van der Waals surface area contributed by atoms with E-state index in [0.717, 1.165) is 36.7 Å². The van der Waals surface area contributed by atoms with E-state index in [2.05, 4.69) is 17.4 Å². The third-order valence-electron chi connectivity index (χ3n) is 5.73. The number of hydrogen-bond acceptors (Lipinski definition) is 7. The Hall–Kier alpha value is -3.80. The van der Waals surface area contributed by atoms with Gasteiger partial charge in [-0.1, -0.05) is 48.5 Å². The van der Waals surface area contributed by atoms with E-state index in [9.17, 15) is 27.9 Å². The summed E-state index contributed by atoms with van der Waals surface area (Å²) in [5.74, 6) is -0.120. The molecule has 40 heavy (non-hydrogen) atoms. The number of nitrogens with zero attached hydrogens (tertiary/aromatic N) is 2. The van der Waals surface area contributed by atoms with E-state index in [1.807, 2.05) is 39.3 Å². The zero-order valence-corrected chi connectivity index (χ0v) is 23.9. The monoisotopic (exact) mass is 571 g/mol. The van der Waals surface area contributed by atoms with Crippen molar-refractivity contribution in [3.8, 4) is 5.75 Å². The summed E-state index contributed by atoms with van der Waals surface area (Å²) in [4.78, 5) is 23.0. The molecule has 3 aromatic carbocycles. The van der Waals surface area contributed by atoms with Crippen LogP contribution in [0.15, 0.2) is 83.8 Å². The highest BCUT2D eigenvalue weighted by molar-refractivity contribution is 7.85. The highest BCUT2D eigenvalue weighted by Crippen LogP contribution is 2.28. The van der Waals surface area contributed by atoms with Crippen molar-refractivity contribution >= 4 is 21.7 Å². The van der Waals surface area contributed by atoms with Gasteiger partial charge in [-0.3, -0.25) is 14.9 Å². The lowest BCUT2D eigenvalue weighted by Crippen LogP contribution is -2.41. The highest BCUT2D eigenvalue weighted by Gasteiger charge is 2.19. The Labute approximate surface area is 236 Å². The maximum atomic E-state index is 12.3. The first kappa shape index (κ1) is 32.4. The smallest absolute Gasteiger partial charge is 0.311 e. The Morgan fingerprint density at radius 1 is 0.925 bits per heavy atom. The van der Waals surface area contributed by atoms with E-state index in [-0.39, 0.29) is 27.8 Å². The number of nitro groups is 1. The predicted molar refractivity (Wildman–Crippen MR) is 152 cm³/mol. The van der Waals surface area contributed by atoms with Crippen molar-refractivity contribution in [3.05, 3.63) is 100 Å². The molecular weight excluding hydrogens is 534 g/mol. The molecule has 0 radical (unpaired) electrons. The lowest BCUT2D eigenvalue weighted by atomic mass is 10.1. The molecule has 10 nitrogen and oxygen atoms in total. The molecule has 0 bridgehead atoms. The minimum absolute atomic E-state index is 0.182. The fourth-order valence-electron chi connectivity index (χ4n) is 3.55. The van der Waals surface area contributed by atoms with Crippen LogP contribution < -0.4 is 10.1 Å². The van der Waals surface area contributed by atoms with Gasteiger partial charge in [0, 0.05) is 11.6 Å². The zero-order valence-electron chi connectivity index (χ0n) is 23.1. The average Bonchev–Trinajstić information content (AvgIpc) is 2.91. The fourth-order valence-corrected chi connectivity index (χ4v) is 4.04. The molecule has 3 rings (SSSR count). The van der Waals surface area contributed by atoms with E-state index in [4.69, 9.17) is 4.74 Å². The maximum Gasteiger partial charge on any atom is 0.311 e. The Kier molecular flexibility index (Phi) is 12.7. The van der Waals surface area contributed by atoms with Gasteiger partial charge in [0.25, 0.3) is 5.91 Å². The summed E-state index contributed by atoms with van der Waals surface area (Å²) in [7, 11) is 1.84. The zero-order chi connectivity index (χ0) is 29.6. The van der Waals surface area contributed by atoms with E-state index in [0.29, 0.717) is 13.2 Å². The van der Waals surface area contributed by atoms with Crippen molar-refractivity contribution < 1.29 is 31.9 Å². The molecule has 0 aliphatic heterocycles. The van der Waals surface area contributed by atoms with Crippen molar-refractivity contribution in [3.63, 3.8) is 0 Å². The predicted octanol–water partition coefficient (Wildman–Crippen LogP) is 4.41. The van der Waals surface area contributed by atoms with Crippen molar-refractivity contribution in [2.45, 2.75) is 30.6 Å². The second kappa shape index (κ2) is 15.7. The Morgan fingerprint density at radius 3 is 2.10 bits per heavy atom. The van der Waals surface area contributed by atoms with Crippen LogP contribution >= 0.6 is 0 Å². The second-order valence-corrected chi connectivity index (χ2v) is 11.5. The number of aryl methyl sites for hydroxylation is 1. The van der Waals surface area contributed by atoms with Gasteiger partial charge in [0.05, 0.1) is 50.7 Å². The molecule has 0 aliphatic carbocycles. The Balaban J connectivity index is 0.000000469. The van der Waals surface area contributed by atoms with Crippen molar-refractivity contribution in [1.82, 2.24) is 5.32 Å². The first-order valence-electron chi connectivity index (χ1n) is 12.9. The number of ether oxygens (including phenoxy) is 1. The van der Waals surface area contributed by atoms with Crippen LogP contribution in [0.1, 0.15) is 35.2 Å². The van der Waals surface area contributed by atoms with Crippen LogP contribution in [-0.4, -0.2) is 69.1 Å². The lowest BCUT2D eigenvalue weighted by molar-refractivity contribution is -0.869.